The van der Waals surface area contributed by atoms with Crippen molar-refractivity contribution in [1.29, 1.82) is 0 Å². The zero-order valence-electron chi connectivity index (χ0n) is 18.3. The van der Waals surface area contributed by atoms with Gasteiger partial charge in [0.05, 0.1) is 29.1 Å². The van der Waals surface area contributed by atoms with Crippen LogP contribution in [0.2, 0.25) is 0 Å². The van der Waals surface area contributed by atoms with E-state index in [1.807, 2.05) is 24.3 Å². The van der Waals surface area contributed by atoms with Gasteiger partial charge in [0, 0.05) is 18.0 Å². The highest BCUT2D eigenvalue weighted by Gasteiger charge is 2.31. The number of hydrogen-bond donors (Lipinski definition) is 2. The fourth-order valence-electron chi connectivity index (χ4n) is 4.76. The molecule has 32 heavy (non-hydrogen) atoms. The average Bonchev–Trinajstić information content (AvgIpc) is 3.39. The Bertz CT molecular complexity index is 1120. The fraction of sp³-hybridized carbons (Fsp3) is 0.458. The first kappa shape index (κ1) is 21.0. The minimum Gasteiger partial charge on any atom is -0.450 e. The number of fused-ring (bicyclic) bond motifs is 2. The van der Waals surface area contributed by atoms with Gasteiger partial charge in [-0.25, -0.2) is 9.78 Å². The maximum absolute atomic E-state index is 13.2. The van der Waals surface area contributed by atoms with Crippen molar-refractivity contribution in [2.45, 2.75) is 45.4 Å². The molecule has 1 aliphatic carbocycles. The summed E-state index contributed by atoms with van der Waals surface area (Å²) < 4.78 is 5.13. The molecule has 3 heterocycles. The molecular weight excluding hydrogens is 424 g/mol. The van der Waals surface area contributed by atoms with Crippen LogP contribution in [0, 0.1) is 5.92 Å². The van der Waals surface area contributed by atoms with E-state index in [1.165, 1.54) is 16.9 Å². The van der Waals surface area contributed by atoms with E-state index in [1.54, 1.807) is 23.2 Å². The molecule has 2 aromatic heterocycles. The second kappa shape index (κ2) is 8.94. The first-order chi connectivity index (χ1) is 15.6. The van der Waals surface area contributed by atoms with Crippen LogP contribution < -0.4 is 5.32 Å². The van der Waals surface area contributed by atoms with Crippen LogP contribution in [-0.2, 0) is 22.4 Å². The maximum Gasteiger partial charge on any atom is 0.409 e. The molecule has 8 heteroatoms. The lowest BCUT2D eigenvalue weighted by molar-refractivity contribution is -0.121. The lowest BCUT2D eigenvalue weighted by Gasteiger charge is -2.31. The van der Waals surface area contributed by atoms with Crippen molar-refractivity contribution in [1.82, 2.24) is 14.9 Å². The Balaban J connectivity index is 1.43. The number of H-pyrrole nitrogens is 1. The van der Waals surface area contributed by atoms with Crippen molar-refractivity contribution in [2.75, 3.05) is 25.0 Å². The number of imidazole rings is 1. The number of aromatic nitrogens is 2. The zero-order valence-corrected chi connectivity index (χ0v) is 19.1. The van der Waals surface area contributed by atoms with Crippen molar-refractivity contribution in [3.05, 3.63) is 34.7 Å². The number of ether oxygens (including phenoxy) is 1. The molecule has 1 aromatic carbocycles. The summed E-state index contributed by atoms with van der Waals surface area (Å²) in [5, 5.41) is 4.08. The van der Waals surface area contributed by atoms with Gasteiger partial charge in [-0.05, 0) is 63.1 Å². The summed E-state index contributed by atoms with van der Waals surface area (Å²) in [6.07, 6.45) is 5.62. The highest BCUT2D eigenvalue weighted by molar-refractivity contribution is 7.17. The van der Waals surface area contributed by atoms with Gasteiger partial charge in [-0.15, -0.1) is 11.3 Å². The Morgan fingerprint density at radius 3 is 2.94 bits per heavy atom. The van der Waals surface area contributed by atoms with Gasteiger partial charge in [-0.1, -0.05) is 12.1 Å². The molecular formula is C24H28N4O3S. The van der Waals surface area contributed by atoms with Crippen molar-refractivity contribution < 1.29 is 14.3 Å². The van der Waals surface area contributed by atoms with Crippen LogP contribution in [0.3, 0.4) is 0 Å². The van der Waals surface area contributed by atoms with E-state index < -0.39 is 0 Å². The minimum absolute atomic E-state index is 0.0324. The summed E-state index contributed by atoms with van der Waals surface area (Å²) in [6.45, 7) is 3.17. The van der Waals surface area contributed by atoms with Crippen molar-refractivity contribution >= 4 is 39.4 Å². The number of anilines is 1. The summed E-state index contributed by atoms with van der Waals surface area (Å²) in [5.41, 5.74) is 4.26. The second-order valence-corrected chi connectivity index (χ2v) is 9.60. The highest BCUT2D eigenvalue weighted by atomic mass is 32.1. The van der Waals surface area contributed by atoms with Gasteiger partial charge >= 0.3 is 6.09 Å². The third-order valence-electron chi connectivity index (χ3n) is 6.35. The van der Waals surface area contributed by atoms with E-state index in [0.717, 1.165) is 59.5 Å². The summed E-state index contributed by atoms with van der Waals surface area (Å²) in [7, 11) is 0. The van der Waals surface area contributed by atoms with Crippen molar-refractivity contribution in [2.24, 2.45) is 5.92 Å². The topological polar surface area (TPSA) is 87.3 Å². The smallest absolute Gasteiger partial charge is 0.409 e. The number of para-hydroxylation sites is 2. The normalized spacial score (nSPS) is 18.4. The molecule has 1 saturated heterocycles. The van der Waals surface area contributed by atoms with Gasteiger partial charge in [-0.2, -0.15) is 0 Å². The largest absolute Gasteiger partial charge is 0.450 e. The number of nitrogens with zero attached hydrogens (tertiary/aromatic N) is 2. The third-order valence-corrected chi connectivity index (χ3v) is 7.56. The number of aryl methyl sites for hydroxylation is 1. The van der Waals surface area contributed by atoms with E-state index >= 15 is 0 Å². The molecule has 0 bridgehead atoms. The summed E-state index contributed by atoms with van der Waals surface area (Å²) in [5.74, 6) is 0.545. The highest BCUT2D eigenvalue weighted by Crippen LogP contribution is 2.44. The van der Waals surface area contributed by atoms with E-state index in [4.69, 9.17) is 9.72 Å². The standard InChI is InChI=1S/C24H28N4O3S/c1-2-31-24(30)28-13-7-8-15(14-28)22(29)27-23-20(16-9-3-6-12-19(16)32-23)21-25-17-10-4-5-11-18(17)26-21/h4-5,10-11,15H,2-3,6-9,12-14H2,1H3,(H,25,26)(H,27,29). The number of aromatic amines is 1. The van der Waals surface area contributed by atoms with Crippen LogP contribution in [0.5, 0.6) is 0 Å². The van der Waals surface area contributed by atoms with Gasteiger partial charge in [-0.3, -0.25) is 4.79 Å². The number of hydrogen-bond acceptors (Lipinski definition) is 5. The molecule has 5 rings (SSSR count). The Hall–Kier alpha value is -2.87. The molecule has 3 aromatic rings. The van der Waals surface area contributed by atoms with Crippen LogP contribution in [0.1, 0.15) is 43.0 Å². The van der Waals surface area contributed by atoms with Gasteiger partial charge in [0.1, 0.15) is 10.8 Å². The predicted octanol–water partition coefficient (Wildman–Crippen LogP) is 4.98. The monoisotopic (exact) mass is 452 g/mol. The summed E-state index contributed by atoms with van der Waals surface area (Å²) >= 11 is 1.68. The molecule has 2 N–H and O–H groups in total. The molecule has 1 unspecified atom stereocenters. The molecule has 1 aliphatic heterocycles. The number of amides is 2. The van der Waals surface area contributed by atoms with Crippen LogP contribution in [0.25, 0.3) is 22.4 Å². The first-order valence-electron chi connectivity index (χ1n) is 11.5. The van der Waals surface area contributed by atoms with E-state index in [-0.39, 0.29) is 17.9 Å². The van der Waals surface area contributed by atoms with Crippen molar-refractivity contribution in [3.8, 4) is 11.4 Å². The van der Waals surface area contributed by atoms with Crippen LogP contribution in [0.15, 0.2) is 24.3 Å². The number of carbonyl (C=O) groups is 2. The summed E-state index contributed by atoms with van der Waals surface area (Å²) in [4.78, 5) is 36.7. The van der Waals surface area contributed by atoms with E-state index in [2.05, 4.69) is 10.3 Å². The van der Waals surface area contributed by atoms with Crippen molar-refractivity contribution in [3.63, 3.8) is 0 Å². The maximum atomic E-state index is 13.2. The number of benzene rings is 1. The molecule has 168 valence electrons. The first-order valence-corrected chi connectivity index (χ1v) is 12.3. The SMILES string of the molecule is CCOC(=O)N1CCCC(C(=O)Nc2sc3c(c2-c2nc4ccccc4[nH]2)CCCC3)C1. The molecule has 1 fully saturated rings. The number of nitrogens with one attached hydrogen (secondary N) is 2. The molecule has 2 aliphatic rings. The minimum atomic E-state index is -0.334. The quantitative estimate of drug-likeness (QED) is 0.585. The Morgan fingerprint density at radius 2 is 2.09 bits per heavy atom. The molecule has 0 radical (unpaired) electrons. The number of thiophene rings is 1. The van der Waals surface area contributed by atoms with Gasteiger partial charge in [0.2, 0.25) is 5.91 Å². The molecule has 1 atom stereocenters. The molecule has 0 saturated carbocycles. The fourth-order valence-corrected chi connectivity index (χ4v) is 6.06. The zero-order chi connectivity index (χ0) is 22.1. The lowest BCUT2D eigenvalue weighted by Crippen LogP contribution is -2.44. The number of likely N-dealkylation sites (tertiary alicyclic amines) is 1. The van der Waals surface area contributed by atoms with Gasteiger partial charge in [0.25, 0.3) is 0 Å². The Kier molecular flexibility index (Phi) is 5.87. The molecule has 7 nitrogen and oxygen atoms in total. The Morgan fingerprint density at radius 1 is 1.25 bits per heavy atom. The molecule has 0 spiro atoms. The van der Waals surface area contributed by atoms with Crippen LogP contribution in [-0.4, -0.2) is 46.6 Å². The van der Waals surface area contributed by atoms with E-state index in [0.29, 0.717) is 19.7 Å². The number of rotatable bonds is 4. The number of carbonyl (C=O) groups excluding carboxylic acids is 2. The van der Waals surface area contributed by atoms with E-state index in [9.17, 15) is 9.59 Å². The summed E-state index contributed by atoms with van der Waals surface area (Å²) in [6, 6.07) is 8.00. The number of piperidine rings is 1. The van der Waals surface area contributed by atoms with Crippen LogP contribution >= 0.6 is 11.3 Å². The average molecular weight is 453 g/mol. The second-order valence-electron chi connectivity index (χ2n) is 8.49. The lowest BCUT2D eigenvalue weighted by atomic mass is 9.95. The Labute approximate surface area is 191 Å². The molecule has 2 amide bonds. The van der Waals surface area contributed by atoms with Crippen LogP contribution in [0.4, 0.5) is 9.80 Å². The van der Waals surface area contributed by atoms with Gasteiger partial charge < -0.3 is 19.9 Å². The van der Waals surface area contributed by atoms with Gasteiger partial charge in [0.15, 0.2) is 0 Å². The third kappa shape index (κ3) is 3.99. The predicted molar refractivity (Wildman–Crippen MR) is 126 cm³/mol.